The second kappa shape index (κ2) is 4.96. The van der Waals surface area contributed by atoms with E-state index in [1.807, 2.05) is 0 Å². The highest BCUT2D eigenvalue weighted by Crippen LogP contribution is 2.38. The molecule has 0 bridgehead atoms. The Morgan fingerprint density at radius 3 is 2.44 bits per heavy atom. The van der Waals surface area contributed by atoms with Gasteiger partial charge in [0, 0.05) is 11.1 Å². The third-order valence-corrected chi connectivity index (χ3v) is 4.56. The average Bonchev–Trinajstić information content (AvgIpc) is 2.58. The third kappa shape index (κ3) is 2.37. The topological polar surface area (TPSA) is 20.2 Å². The minimum Gasteiger partial charge on any atom is -0.383 e. The smallest absolute Gasteiger partial charge is 0.129 e. The van der Waals surface area contributed by atoms with Gasteiger partial charge in [0.25, 0.3) is 0 Å². The molecule has 1 aromatic carbocycles. The highest BCUT2D eigenvalue weighted by atomic mass is 79.9. The van der Waals surface area contributed by atoms with Crippen LogP contribution < -0.4 is 0 Å². The van der Waals surface area contributed by atoms with Crippen molar-refractivity contribution in [2.75, 3.05) is 0 Å². The Morgan fingerprint density at radius 1 is 1.19 bits per heavy atom. The molecule has 0 fully saturated rings. The average molecular weight is 366 g/mol. The Bertz CT molecular complexity index is 512. The van der Waals surface area contributed by atoms with Gasteiger partial charge in [0.1, 0.15) is 11.9 Å². The van der Waals surface area contributed by atoms with Crippen molar-refractivity contribution in [3.63, 3.8) is 0 Å². The molecule has 2 aromatic rings. The van der Waals surface area contributed by atoms with Crippen LogP contribution in [-0.4, -0.2) is 5.11 Å². The van der Waals surface area contributed by atoms with E-state index in [0.717, 1.165) is 7.57 Å². The fourth-order valence-electron chi connectivity index (χ4n) is 1.40. The van der Waals surface area contributed by atoms with Gasteiger partial charge < -0.3 is 5.11 Å². The van der Waals surface area contributed by atoms with Crippen molar-refractivity contribution in [1.29, 1.82) is 0 Å². The summed E-state index contributed by atoms with van der Waals surface area (Å²) >= 11 is 8.12. The lowest BCUT2D eigenvalue weighted by molar-refractivity contribution is 0.215. The SMILES string of the molecule is OC(c1ccccc1F)c1cc(Br)sc1Br. The third-order valence-electron chi connectivity index (χ3n) is 2.18. The van der Waals surface area contributed by atoms with Crippen LogP contribution in [0.5, 0.6) is 0 Å². The highest BCUT2D eigenvalue weighted by Gasteiger charge is 2.19. The van der Waals surface area contributed by atoms with E-state index in [4.69, 9.17) is 0 Å². The van der Waals surface area contributed by atoms with Gasteiger partial charge >= 0.3 is 0 Å². The molecule has 84 valence electrons. The number of aliphatic hydroxyl groups excluding tert-OH is 1. The summed E-state index contributed by atoms with van der Waals surface area (Å²) in [6.45, 7) is 0. The van der Waals surface area contributed by atoms with Gasteiger partial charge in [0.2, 0.25) is 0 Å². The van der Waals surface area contributed by atoms with Gasteiger partial charge in [-0.05, 0) is 44.0 Å². The Morgan fingerprint density at radius 2 is 1.88 bits per heavy atom. The maximum atomic E-state index is 13.5. The summed E-state index contributed by atoms with van der Waals surface area (Å²) in [5.74, 6) is -0.399. The van der Waals surface area contributed by atoms with Gasteiger partial charge in [-0.15, -0.1) is 11.3 Å². The molecule has 1 aromatic heterocycles. The predicted octanol–water partition coefficient (Wildman–Crippen LogP) is 4.49. The first kappa shape index (κ1) is 12.2. The monoisotopic (exact) mass is 364 g/mol. The first-order valence-electron chi connectivity index (χ1n) is 4.47. The number of aliphatic hydroxyl groups is 1. The summed E-state index contributed by atoms with van der Waals surface area (Å²) in [5.41, 5.74) is 0.954. The molecule has 5 heteroatoms. The van der Waals surface area contributed by atoms with E-state index in [9.17, 15) is 9.50 Å². The van der Waals surface area contributed by atoms with Crippen LogP contribution >= 0.6 is 43.2 Å². The number of hydrogen-bond donors (Lipinski definition) is 1. The zero-order chi connectivity index (χ0) is 11.7. The second-order valence-electron chi connectivity index (χ2n) is 3.20. The zero-order valence-corrected chi connectivity index (χ0v) is 11.9. The van der Waals surface area contributed by atoms with E-state index in [2.05, 4.69) is 31.9 Å². The number of rotatable bonds is 2. The summed E-state index contributed by atoms with van der Waals surface area (Å²) in [4.78, 5) is 0. The van der Waals surface area contributed by atoms with Gasteiger partial charge in [-0.1, -0.05) is 18.2 Å². The van der Waals surface area contributed by atoms with Crippen LogP contribution in [0.15, 0.2) is 37.9 Å². The van der Waals surface area contributed by atoms with Crippen LogP contribution in [0.4, 0.5) is 4.39 Å². The number of hydrogen-bond acceptors (Lipinski definition) is 2. The van der Waals surface area contributed by atoms with Crippen molar-refractivity contribution < 1.29 is 9.50 Å². The van der Waals surface area contributed by atoms with Crippen molar-refractivity contribution in [1.82, 2.24) is 0 Å². The Hall–Kier alpha value is -0.230. The summed E-state index contributed by atoms with van der Waals surface area (Å²) < 4.78 is 15.2. The van der Waals surface area contributed by atoms with E-state index < -0.39 is 11.9 Å². The molecule has 1 heterocycles. The van der Waals surface area contributed by atoms with Gasteiger partial charge in [0.15, 0.2) is 0 Å². The maximum Gasteiger partial charge on any atom is 0.129 e. The molecule has 0 amide bonds. The fraction of sp³-hybridized carbons (Fsp3) is 0.0909. The molecule has 1 nitrogen and oxygen atoms in total. The van der Waals surface area contributed by atoms with E-state index in [1.165, 1.54) is 17.4 Å². The van der Waals surface area contributed by atoms with Crippen LogP contribution in [0.1, 0.15) is 17.2 Å². The first-order chi connectivity index (χ1) is 7.59. The van der Waals surface area contributed by atoms with Gasteiger partial charge in [-0.2, -0.15) is 0 Å². The van der Waals surface area contributed by atoms with Crippen LogP contribution in [0.3, 0.4) is 0 Å². The Kier molecular flexibility index (Phi) is 3.79. The molecular weight excluding hydrogens is 359 g/mol. The van der Waals surface area contributed by atoms with Crippen molar-refractivity contribution in [2.24, 2.45) is 0 Å². The van der Waals surface area contributed by atoms with Crippen LogP contribution in [0.2, 0.25) is 0 Å². The van der Waals surface area contributed by atoms with E-state index in [-0.39, 0.29) is 5.56 Å². The van der Waals surface area contributed by atoms with Crippen LogP contribution in [0.25, 0.3) is 0 Å². The molecule has 0 aliphatic rings. The minimum atomic E-state index is -0.946. The van der Waals surface area contributed by atoms with Crippen molar-refractivity contribution in [3.8, 4) is 0 Å². The second-order valence-corrected chi connectivity index (χ2v) is 6.95. The molecule has 16 heavy (non-hydrogen) atoms. The highest BCUT2D eigenvalue weighted by molar-refractivity contribution is 9.12. The lowest BCUT2D eigenvalue weighted by Crippen LogP contribution is -2.01. The fourth-order valence-corrected chi connectivity index (χ4v) is 4.29. The molecule has 0 saturated carbocycles. The van der Waals surface area contributed by atoms with E-state index in [0.29, 0.717) is 5.56 Å². The quantitative estimate of drug-likeness (QED) is 0.831. The Balaban J connectivity index is 2.43. The zero-order valence-electron chi connectivity index (χ0n) is 7.95. The molecule has 0 aliphatic heterocycles. The summed E-state index contributed by atoms with van der Waals surface area (Å²) in [5, 5.41) is 10.1. The van der Waals surface area contributed by atoms with Crippen molar-refractivity contribution >= 4 is 43.2 Å². The first-order valence-corrected chi connectivity index (χ1v) is 6.87. The largest absolute Gasteiger partial charge is 0.383 e. The van der Waals surface area contributed by atoms with E-state index in [1.54, 1.807) is 24.3 Å². The molecule has 0 aliphatic carbocycles. The minimum absolute atomic E-state index is 0.286. The molecule has 1 atom stereocenters. The molecule has 0 saturated heterocycles. The summed E-state index contributed by atoms with van der Waals surface area (Å²) in [6.07, 6.45) is -0.946. The number of benzene rings is 1. The maximum absolute atomic E-state index is 13.5. The lowest BCUT2D eigenvalue weighted by Gasteiger charge is -2.10. The Labute approximate surface area is 113 Å². The van der Waals surface area contributed by atoms with Crippen molar-refractivity contribution in [2.45, 2.75) is 6.10 Å². The molecule has 0 spiro atoms. The normalized spacial score (nSPS) is 12.8. The van der Waals surface area contributed by atoms with Gasteiger partial charge in [-0.25, -0.2) is 4.39 Å². The molecule has 1 unspecified atom stereocenters. The molecule has 0 radical (unpaired) electrons. The number of halogens is 3. The summed E-state index contributed by atoms with van der Waals surface area (Å²) in [7, 11) is 0. The molecule has 2 rings (SSSR count). The predicted molar refractivity (Wildman–Crippen MR) is 70.2 cm³/mol. The number of thiophene rings is 1. The standard InChI is InChI=1S/C11H7Br2FOS/c12-9-5-7(11(13)16-9)10(15)6-3-1-2-4-8(6)14/h1-5,10,15H. The van der Waals surface area contributed by atoms with E-state index >= 15 is 0 Å². The van der Waals surface area contributed by atoms with Gasteiger partial charge in [-0.3, -0.25) is 0 Å². The van der Waals surface area contributed by atoms with Crippen molar-refractivity contribution in [3.05, 3.63) is 54.8 Å². The lowest BCUT2D eigenvalue weighted by atomic mass is 10.0. The molecule has 1 N–H and O–H groups in total. The van der Waals surface area contributed by atoms with Crippen LogP contribution in [0, 0.1) is 5.82 Å². The van der Waals surface area contributed by atoms with Gasteiger partial charge in [0.05, 0.1) is 7.57 Å². The molecular formula is C11H7Br2FOS. The summed E-state index contributed by atoms with van der Waals surface area (Å²) in [6, 6.07) is 8.01. The van der Waals surface area contributed by atoms with Crippen LogP contribution in [-0.2, 0) is 0 Å².